The van der Waals surface area contributed by atoms with Crippen molar-refractivity contribution in [2.45, 2.75) is 64.9 Å². The van der Waals surface area contributed by atoms with Gasteiger partial charge in [-0.3, -0.25) is 9.59 Å². The number of carbonyl (C=O) groups is 3. The van der Waals surface area contributed by atoms with Gasteiger partial charge in [-0.2, -0.15) is 0 Å². The number of amides is 1. The number of nitrogens with zero attached hydrogens (tertiary/aromatic N) is 1. The molecule has 0 spiro atoms. The van der Waals surface area contributed by atoms with Gasteiger partial charge in [-0.1, -0.05) is 12.1 Å². The molecule has 4 rings (SSSR count). The van der Waals surface area contributed by atoms with Gasteiger partial charge in [0.05, 0.1) is 27.4 Å². The van der Waals surface area contributed by atoms with Gasteiger partial charge in [0.1, 0.15) is 5.00 Å². The zero-order chi connectivity index (χ0) is 24.1. The van der Waals surface area contributed by atoms with Crippen molar-refractivity contribution < 1.29 is 23.9 Å². The van der Waals surface area contributed by atoms with Crippen molar-refractivity contribution in [1.29, 1.82) is 0 Å². The van der Waals surface area contributed by atoms with E-state index in [0.29, 0.717) is 23.4 Å². The van der Waals surface area contributed by atoms with Crippen LogP contribution in [0.4, 0.5) is 5.00 Å². The van der Waals surface area contributed by atoms with Crippen LogP contribution in [0.15, 0.2) is 24.3 Å². The second kappa shape index (κ2) is 11.1. The molecule has 34 heavy (non-hydrogen) atoms. The molecule has 0 aliphatic heterocycles. The molecule has 180 valence electrons. The SMILES string of the molecule is CCOC(=O)c1c(NC(=O)[C@@H](C)OC(=O)CCCc2nc3ccccc3s2)sc2c1CCCC2. The van der Waals surface area contributed by atoms with Crippen LogP contribution in [-0.4, -0.2) is 35.5 Å². The number of para-hydroxylation sites is 1. The number of hydrogen-bond donors (Lipinski definition) is 1. The second-order valence-corrected chi connectivity index (χ2v) is 10.4. The molecule has 9 heteroatoms. The summed E-state index contributed by atoms with van der Waals surface area (Å²) in [6, 6.07) is 7.94. The summed E-state index contributed by atoms with van der Waals surface area (Å²) >= 11 is 3.04. The van der Waals surface area contributed by atoms with Crippen LogP contribution in [-0.2, 0) is 38.3 Å². The number of nitrogens with one attached hydrogen (secondary N) is 1. The lowest BCUT2D eigenvalue weighted by molar-refractivity contribution is -0.153. The summed E-state index contributed by atoms with van der Waals surface area (Å²) in [6.07, 6.45) is 4.27. The van der Waals surface area contributed by atoms with Crippen LogP contribution in [0, 0.1) is 0 Å². The highest BCUT2D eigenvalue weighted by atomic mass is 32.1. The molecule has 0 saturated carbocycles. The number of fused-ring (bicyclic) bond motifs is 2. The molecule has 1 atom stereocenters. The molecular weight excluding hydrogens is 472 g/mol. The van der Waals surface area contributed by atoms with E-state index < -0.39 is 23.9 Å². The van der Waals surface area contributed by atoms with E-state index in [2.05, 4.69) is 10.3 Å². The van der Waals surface area contributed by atoms with Crippen LogP contribution in [0.3, 0.4) is 0 Å². The number of thiophene rings is 1. The zero-order valence-corrected chi connectivity index (χ0v) is 21.0. The van der Waals surface area contributed by atoms with E-state index in [9.17, 15) is 14.4 Å². The molecule has 1 amide bonds. The zero-order valence-electron chi connectivity index (χ0n) is 19.3. The number of esters is 2. The highest BCUT2D eigenvalue weighted by Gasteiger charge is 2.28. The van der Waals surface area contributed by atoms with Crippen LogP contribution in [0.1, 0.15) is 65.3 Å². The predicted molar refractivity (Wildman–Crippen MR) is 134 cm³/mol. The van der Waals surface area contributed by atoms with Gasteiger partial charge in [-0.15, -0.1) is 22.7 Å². The number of anilines is 1. The van der Waals surface area contributed by atoms with Crippen LogP contribution >= 0.6 is 22.7 Å². The third-order valence-corrected chi connectivity index (χ3v) is 7.98. The quantitative estimate of drug-likeness (QED) is 0.400. The van der Waals surface area contributed by atoms with Crippen molar-refractivity contribution in [2.24, 2.45) is 0 Å². The summed E-state index contributed by atoms with van der Waals surface area (Å²) in [5.41, 5.74) is 2.39. The van der Waals surface area contributed by atoms with E-state index in [4.69, 9.17) is 9.47 Å². The Morgan fingerprint density at radius 1 is 1.15 bits per heavy atom. The van der Waals surface area contributed by atoms with Crippen LogP contribution < -0.4 is 5.32 Å². The molecule has 0 bridgehead atoms. The number of hydrogen-bond acceptors (Lipinski definition) is 8. The monoisotopic (exact) mass is 500 g/mol. The minimum Gasteiger partial charge on any atom is -0.462 e. The third-order valence-electron chi connectivity index (χ3n) is 5.67. The fraction of sp³-hybridized carbons (Fsp3) is 0.440. The van der Waals surface area contributed by atoms with E-state index in [1.807, 2.05) is 24.3 Å². The molecular formula is C25H28N2O5S2. The Balaban J connectivity index is 1.31. The minimum absolute atomic E-state index is 0.203. The van der Waals surface area contributed by atoms with Crippen molar-refractivity contribution in [3.63, 3.8) is 0 Å². The number of carbonyl (C=O) groups excluding carboxylic acids is 3. The number of ether oxygens (including phenoxy) is 2. The van der Waals surface area contributed by atoms with Gasteiger partial charge < -0.3 is 14.8 Å². The Hall–Kier alpha value is -2.78. The molecule has 0 unspecified atom stereocenters. The highest BCUT2D eigenvalue weighted by Crippen LogP contribution is 2.38. The van der Waals surface area contributed by atoms with Gasteiger partial charge in [-0.25, -0.2) is 9.78 Å². The first-order valence-electron chi connectivity index (χ1n) is 11.6. The summed E-state index contributed by atoms with van der Waals surface area (Å²) in [6.45, 7) is 3.56. The molecule has 0 radical (unpaired) electrons. The number of benzene rings is 1. The maximum Gasteiger partial charge on any atom is 0.341 e. The number of aryl methyl sites for hydroxylation is 2. The number of thiazole rings is 1. The van der Waals surface area contributed by atoms with E-state index in [-0.39, 0.29) is 13.0 Å². The Morgan fingerprint density at radius 3 is 2.74 bits per heavy atom. The lowest BCUT2D eigenvalue weighted by Crippen LogP contribution is -2.30. The highest BCUT2D eigenvalue weighted by molar-refractivity contribution is 7.18. The average Bonchev–Trinajstić information content (AvgIpc) is 3.39. The Morgan fingerprint density at radius 2 is 1.94 bits per heavy atom. The Kier molecular flexibility index (Phi) is 7.95. The molecule has 1 aromatic carbocycles. The van der Waals surface area contributed by atoms with Gasteiger partial charge in [0.15, 0.2) is 6.10 Å². The largest absolute Gasteiger partial charge is 0.462 e. The molecule has 0 fully saturated rings. The molecule has 1 aliphatic rings. The molecule has 3 aromatic rings. The lowest BCUT2D eigenvalue weighted by Gasteiger charge is -2.14. The summed E-state index contributed by atoms with van der Waals surface area (Å²) < 4.78 is 11.7. The number of rotatable bonds is 9. The van der Waals surface area contributed by atoms with Crippen molar-refractivity contribution >= 4 is 55.7 Å². The summed E-state index contributed by atoms with van der Waals surface area (Å²) in [5.74, 6) is -1.31. The fourth-order valence-electron chi connectivity index (χ4n) is 4.01. The maximum atomic E-state index is 12.7. The first-order valence-corrected chi connectivity index (χ1v) is 13.3. The van der Waals surface area contributed by atoms with Crippen LogP contribution in [0.2, 0.25) is 0 Å². The molecule has 0 saturated heterocycles. The summed E-state index contributed by atoms with van der Waals surface area (Å²) in [7, 11) is 0. The first-order chi connectivity index (χ1) is 16.5. The van der Waals surface area contributed by atoms with Gasteiger partial charge in [-0.05, 0) is 70.1 Å². The normalized spacial score (nSPS) is 13.8. The standard InChI is InChI=1S/C25H28N2O5S2/c1-3-31-25(30)22-16-9-4-6-11-18(16)34-24(22)27-23(29)15(2)32-21(28)14-8-13-20-26-17-10-5-7-12-19(17)33-20/h5,7,10,12,15H,3-4,6,8-9,11,13-14H2,1-2H3,(H,27,29)/t15-/m1/s1. The van der Waals surface area contributed by atoms with Gasteiger partial charge >= 0.3 is 11.9 Å². The van der Waals surface area contributed by atoms with Crippen molar-refractivity contribution in [2.75, 3.05) is 11.9 Å². The van der Waals surface area contributed by atoms with E-state index in [1.165, 1.54) is 11.3 Å². The molecule has 1 aliphatic carbocycles. The maximum absolute atomic E-state index is 12.7. The lowest BCUT2D eigenvalue weighted by atomic mass is 9.95. The van der Waals surface area contributed by atoms with Gasteiger partial charge in [0, 0.05) is 11.3 Å². The Labute approximate surface area is 206 Å². The third kappa shape index (κ3) is 5.64. The molecule has 1 N–H and O–H groups in total. The average molecular weight is 501 g/mol. The molecule has 2 aromatic heterocycles. The molecule has 7 nitrogen and oxygen atoms in total. The van der Waals surface area contributed by atoms with Crippen LogP contribution in [0.5, 0.6) is 0 Å². The Bertz CT molecular complexity index is 1170. The summed E-state index contributed by atoms with van der Waals surface area (Å²) in [5, 5.41) is 4.26. The van der Waals surface area contributed by atoms with Crippen LogP contribution in [0.25, 0.3) is 10.2 Å². The molecule has 2 heterocycles. The summed E-state index contributed by atoms with van der Waals surface area (Å²) in [4.78, 5) is 43.3. The van der Waals surface area contributed by atoms with E-state index in [1.54, 1.807) is 25.2 Å². The minimum atomic E-state index is -0.968. The van der Waals surface area contributed by atoms with E-state index in [0.717, 1.165) is 51.3 Å². The van der Waals surface area contributed by atoms with Gasteiger partial charge in [0.25, 0.3) is 5.91 Å². The predicted octanol–water partition coefficient (Wildman–Crippen LogP) is 5.31. The topological polar surface area (TPSA) is 94.6 Å². The van der Waals surface area contributed by atoms with Crippen molar-refractivity contribution in [1.82, 2.24) is 4.98 Å². The van der Waals surface area contributed by atoms with Crippen molar-refractivity contribution in [3.8, 4) is 0 Å². The van der Waals surface area contributed by atoms with Crippen molar-refractivity contribution in [3.05, 3.63) is 45.3 Å². The smallest absolute Gasteiger partial charge is 0.341 e. The van der Waals surface area contributed by atoms with E-state index >= 15 is 0 Å². The first kappa shape index (κ1) is 24.3. The second-order valence-electron chi connectivity index (χ2n) is 8.19. The number of aromatic nitrogens is 1. The fourth-order valence-corrected chi connectivity index (χ4v) is 6.30. The van der Waals surface area contributed by atoms with Gasteiger partial charge in [0.2, 0.25) is 0 Å².